The molecule has 26 heavy (non-hydrogen) atoms. The highest BCUT2D eigenvalue weighted by molar-refractivity contribution is 7.10. The Morgan fingerprint density at radius 3 is 2.54 bits per heavy atom. The number of carbonyl (C=O) groups is 2. The van der Waals surface area contributed by atoms with E-state index in [1.165, 1.54) is 16.2 Å². The minimum atomic E-state index is -0.967. The highest BCUT2D eigenvalue weighted by atomic mass is 32.1. The quantitative estimate of drug-likeness (QED) is 0.809. The summed E-state index contributed by atoms with van der Waals surface area (Å²) in [6.07, 6.45) is 3.46. The molecular weight excluding hydrogens is 352 g/mol. The summed E-state index contributed by atoms with van der Waals surface area (Å²) in [4.78, 5) is 40.2. The SMILES string of the molecule is C[C@]1(c2cccs2)NC(=O)N(CN2CCN(c3ncccn3)CC2)C1=O. The number of imide groups is 1. The molecule has 0 aromatic carbocycles. The fourth-order valence-corrected chi connectivity index (χ4v) is 4.13. The van der Waals surface area contributed by atoms with Gasteiger partial charge in [-0.05, 0) is 24.4 Å². The molecule has 2 saturated heterocycles. The molecule has 0 spiro atoms. The first kappa shape index (κ1) is 16.9. The maximum absolute atomic E-state index is 12.9. The van der Waals surface area contributed by atoms with Crippen molar-refractivity contribution < 1.29 is 9.59 Å². The molecule has 2 aliphatic heterocycles. The van der Waals surface area contributed by atoms with Gasteiger partial charge in [0.05, 0.1) is 6.67 Å². The maximum atomic E-state index is 12.9. The van der Waals surface area contributed by atoms with E-state index in [0.29, 0.717) is 12.6 Å². The summed E-state index contributed by atoms with van der Waals surface area (Å²) >= 11 is 1.47. The number of amides is 3. The number of nitrogens with zero attached hydrogens (tertiary/aromatic N) is 5. The number of thiophene rings is 1. The van der Waals surface area contributed by atoms with E-state index in [0.717, 1.165) is 31.1 Å². The lowest BCUT2D eigenvalue weighted by molar-refractivity contribution is -0.132. The molecule has 0 saturated carbocycles. The molecule has 0 bridgehead atoms. The van der Waals surface area contributed by atoms with Crippen LogP contribution in [-0.2, 0) is 10.3 Å². The lowest BCUT2D eigenvalue weighted by Gasteiger charge is -2.35. The van der Waals surface area contributed by atoms with Crippen molar-refractivity contribution in [1.29, 1.82) is 0 Å². The second-order valence-electron chi connectivity index (χ2n) is 6.56. The maximum Gasteiger partial charge on any atom is 0.326 e. The highest BCUT2D eigenvalue weighted by Crippen LogP contribution is 2.32. The van der Waals surface area contributed by atoms with E-state index in [1.54, 1.807) is 25.4 Å². The Labute approximate surface area is 155 Å². The standard InChI is InChI=1S/C17H20N6O2S/c1-17(13-4-2-11-26-13)14(24)23(16(25)20-17)12-21-7-9-22(10-8-21)15-18-5-3-6-19-15/h2-6,11H,7-10,12H2,1H3,(H,20,25)/t17-/m1/s1. The number of carbonyl (C=O) groups excluding carboxylic acids is 2. The Balaban J connectivity index is 1.39. The lowest BCUT2D eigenvalue weighted by Crippen LogP contribution is -2.52. The van der Waals surface area contributed by atoms with Gasteiger partial charge in [-0.15, -0.1) is 11.3 Å². The summed E-state index contributed by atoms with van der Waals surface area (Å²) in [5.74, 6) is 0.520. The zero-order valence-corrected chi connectivity index (χ0v) is 15.3. The number of anilines is 1. The summed E-state index contributed by atoms with van der Waals surface area (Å²) in [5.41, 5.74) is -0.967. The van der Waals surface area contributed by atoms with Crippen LogP contribution < -0.4 is 10.2 Å². The molecule has 9 heteroatoms. The van der Waals surface area contributed by atoms with Gasteiger partial charge < -0.3 is 10.2 Å². The van der Waals surface area contributed by atoms with Gasteiger partial charge >= 0.3 is 6.03 Å². The van der Waals surface area contributed by atoms with E-state index in [-0.39, 0.29) is 11.9 Å². The first-order valence-electron chi connectivity index (χ1n) is 8.50. The number of rotatable bonds is 4. The van der Waals surface area contributed by atoms with Crippen molar-refractivity contribution in [3.8, 4) is 0 Å². The zero-order chi connectivity index (χ0) is 18.1. The topological polar surface area (TPSA) is 81.7 Å². The molecule has 3 amide bonds. The summed E-state index contributed by atoms with van der Waals surface area (Å²) in [5, 5.41) is 4.76. The summed E-state index contributed by atoms with van der Waals surface area (Å²) < 4.78 is 0. The normalized spacial score (nSPS) is 24.2. The average molecular weight is 372 g/mol. The van der Waals surface area contributed by atoms with E-state index < -0.39 is 5.54 Å². The average Bonchev–Trinajstić information content (AvgIpc) is 3.28. The van der Waals surface area contributed by atoms with E-state index >= 15 is 0 Å². The van der Waals surface area contributed by atoms with Gasteiger partial charge in [0.15, 0.2) is 5.54 Å². The Hall–Kier alpha value is -2.52. The number of urea groups is 1. The molecular formula is C17H20N6O2S. The van der Waals surface area contributed by atoms with Gasteiger partial charge in [0.1, 0.15) is 0 Å². The van der Waals surface area contributed by atoms with Crippen LogP contribution in [0, 0.1) is 0 Å². The fourth-order valence-electron chi connectivity index (χ4n) is 3.30. The van der Waals surface area contributed by atoms with Crippen LogP contribution in [0.5, 0.6) is 0 Å². The monoisotopic (exact) mass is 372 g/mol. The van der Waals surface area contributed by atoms with Crippen LogP contribution in [0.2, 0.25) is 0 Å². The van der Waals surface area contributed by atoms with Crippen molar-refractivity contribution in [2.24, 2.45) is 0 Å². The third-order valence-electron chi connectivity index (χ3n) is 4.84. The fraction of sp³-hybridized carbons (Fsp3) is 0.412. The van der Waals surface area contributed by atoms with Gasteiger partial charge in [-0.25, -0.2) is 19.7 Å². The smallest absolute Gasteiger partial charge is 0.326 e. The van der Waals surface area contributed by atoms with Crippen LogP contribution in [-0.4, -0.2) is 64.6 Å². The predicted octanol–water partition coefficient (Wildman–Crippen LogP) is 1.08. The van der Waals surface area contributed by atoms with Crippen molar-refractivity contribution in [2.45, 2.75) is 12.5 Å². The van der Waals surface area contributed by atoms with Gasteiger partial charge in [-0.1, -0.05) is 6.07 Å². The molecule has 2 aromatic heterocycles. The minimum absolute atomic E-state index is 0.196. The Morgan fingerprint density at radius 1 is 1.15 bits per heavy atom. The number of piperazine rings is 1. The van der Waals surface area contributed by atoms with E-state index in [2.05, 4.69) is 25.1 Å². The predicted molar refractivity (Wildman–Crippen MR) is 97.7 cm³/mol. The van der Waals surface area contributed by atoms with Crippen LogP contribution in [0.15, 0.2) is 36.0 Å². The number of nitrogens with one attached hydrogen (secondary N) is 1. The van der Waals surface area contributed by atoms with E-state index in [9.17, 15) is 9.59 Å². The van der Waals surface area contributed by atoms with Gasteiger partial charge in [0, 0.05) is 43.4 Å². The Morgan fingerprint density at radius 2 is 1.88 bits per heavy atom. The minimum Gasteiger partial charge on any atom is -0.338 e. The molecule has 4 heterocycles. The largest absolute Gasteiger partial charge is 0.338 e. The molecule has 2 aromatic rings. The second kappa shape index (κ2) is 6.65. The first-order chi connectivity index (χ1) is 12.6. The van der Waals surface area contributed by atoms with Crippen LogP contribution in [0.25, 0.3) is 0 Å². The van der Waals surface area contributed by atoms with Gasteiger partial charge in [0.25, 0.3) is 5.91 Å². The molecule has 0 radical (unpaired) electrons. The molecule has 1 atom stereocenters. The molecule has 2 aliphatic rings. The Bertz CT molecular complexity index is 791. The first-order valence-corrected chi connectivity index (χ1v) is 9.38. The van der Waals surface area contributed by atoms with Crippen molar-refractivity contribution in [2.75, 3.05) is 37.7 Å². The molecule has 0 unspecified atom stereocenters. The van der Waals surface area contributed by atoms with Gasteiger partial charge in [0.2, 0.25) is 5.95 Å². The molecule has 2 fully saturated rings. The van der Waals surface area contributed by atoms with Crippen molar-refractivity contribution in [3.63, 3.8) is 0 Å². The number of hydrogen-bond donors (Lipinski definition) is 1. The zero-order valence-electron chi connectivity index (χ0n) is 14.5. The molecule has 0 aliphatic carbocycles. The number of hydrogen-bond acceptors (Lipinski definition) is 7. The van der Waals surface area contributed by atoms with E-state index in [4.69, 9.17) is 0 Å². The van der Waals surface area contributed by atoms with Crippen molar-refractivity contribution >= 4 is 29.2 Å². The third-order valence-corrected chi connectivity index (χ3v) is 5.93. The van der Waals surface area contributed by atoms with Crippen molar-refractivity contribution in [1.82, 2.24) is 25.1 Å². The van der Waals surface area contributed by atoms with Gasteiger partial charge in [-0.3, -0.25) is 9.69 Å². The van der Waals surface area contributed by atoms with Crippen LogP contribution in [0.3, 0.4) is 0 Å². The highest BCUT2D eigenvalue weighted by Gasteiger charge is 2.50. The van der Waals surface area contributed by atoms with Crippen LogP contribution in [0.4, 0.5) is 10.7 Å². The molecule has 8 nitrogen and oxygen atoms in total. The summed E-state index contributed by atoms with van der Waals surface area (Å²) in [7, 11) is 0. The molecule has 4 rings (SSSR count). The summed E-state index contributed by atoms with van der Waals surface area (Å²) in [6.45, 7) is 5.07. The van der Waals surface area contributed by atoms with E-state index in [1.807, 2.05) is 17.5 Å². The van der Waals surface area contributed by atoms with Crippen LogP contribution >= 0.6 is 11.3 Å². The summed E-state index contributed by atoms with van der Waals surface area (Å²) in [6, 6.07) is 5.23. The lowest BCUT2D eigenvalue weighted by atomic mass is 10.0. The second-order valence-corrected chi connectivity index (χ2v) is 7.51. The Kier molecular flexibility index (Phi) is 4.33. The molecule has 136 valence electrons. The third kappa shape index (κ3) is 2.93. The van der Waals surface area contributed by atoms with Gasteiger partial charge in [-0.2, -0.15) is 0 Å². The molecule has 1 N–H and O–H groups in total. The van der Waals surface area contributed by atoms with Crippen molar-refractivity contribution in [3.05, 3.63) is 40.8 Å². The number of aromatic nitrogens is 2. The van der Waals surface area contributed by atoms with Crippen LogP contribution in [0.1, 0.15) is 11.8 Å².